The van der Waals surface area contributed by atoms with E-state index in [1.165, 1.54) is 0 Å². The van der Waals surface area contributed by atoms with Crippen molar-refractivity contribution in [3.8, 4) is 12.1 Å². The van der Waals surface area contributed by atoms with E-state index < -0.39 is 0 Å². The lowest BCUT2D eigenvalue weighted by atomic mass is 9.94. The van der Waals surface area contributed by atoms with E-state index in [2.05, 4.69) is 46.5 Å². The van der Waals surface area contributed by atoms with Crippen LogP contribution in [0, 0.1) is 34.5 Å². The summed E-state index contributed by atoms with van der Waals surface area (Å²) >= 11 is 0. The number of nitriles is 2. The Morgan fingerprint density at radius 3 is 1.48 bits per heavy atom. The molecule has 208 valence electrons. The highest BCUT2D eigenvalue weighted by Crippen LogP contribution is 2.22. The molecule has 3 N–H and O–H groups in total. The Labute approximate surface area is 238 Å². The second-order valence-electron chi connectivity index (χ2n) is 9.57. The molecule has 2 aliphatic heterocycles. The summed E-state index contributed by atoms with van der Waals surface area (Å²) < 4.78 is 5.46. The summed E-state index contributed by atoms with van der Waals surface area (Å²) in [6.45, 7) is 3.86. The highest BCUT2D eigenvalue weighted by Gasteiger charge is 2.22. The van der Waals surface area contributed by atoms with Crippen molar-refractivity contribution in [3.63, 3.8) is 0 Å². The monoisotopic (exact) mass is 561 g/mol. The summed E-state index contributed by atoms with van der Waals surface area (Å²) in [7, 11) is 0. The SMILES string of the molecule is CC1CC(=O)NN=C1c1ccc(N=NC(C#N)=c2[nH]/c(=C(/C#N)N=Nc3ccc(C4=NNC(=O)CC4C)cc3)o2)cc1. The Kier molecular flexibility index (Phi) is 7.88. The number of amides is 2. The van der Waals surface area contributed by atoms with Gasteiger partial charge < -0.3 is 4.42 Å². The lowest BCUT2D eigenvalue weighted by molar-refractivity contribution is -0.122. The molecule has 2 aliphatic rings. The maximum Gasteiger partial charge on any atom is 0.241 e. The average molecular weight is 562 g/mol. The predicted molar refractivity (Wildman–Crippen MR) is 149 cm³/mol. The van der Waals surface area contributed by atoms with E-state index in [1.807, 2.05) is 26.0 Å². The van der Waals surface area contributed by atoms with Crippen LogP contribution in [0.1, 0.15) is 37.8 Å². The van der Waals surface area contributed by atoms with Gasteiger partial charge in [-0.3, -0.25) is 14.6 Å². The summed E-state index contributed by atoms with van der Waals surface area (Å²) in [5, 5.41) is 43.3. The lowest BCUT2D eigenvalue weighted by Crippen LogP contribution is -2.32. The standard InChI is InChI=1S/C28H23N11O3/c1-15-11-23(40)36-38-25(15)17-3-7-19(8-4-17)32-34-21(13-29)27-31-28(42-27)22(14-30)35-33-20-9-5-18(6-10-20)26-16(2)12-24(41)37-39-26/h3-10,15-16,31H,11-12H2,1-2H3,(H,36,40)(H,37,41)/b27-21+,28-22?,34-32?,35-33?. The van der Waals surface area contributed by atoms with Crippen molar-refractivity contribution in [2.24, 2.45) is 42.5 Å². The molecule has 42 heavy (non-hydrogen) atoms. The Balaban J connectivity index is 1.29. The number of carbonyl (C=O) groups is 2. The molecule has 14 heteroatoms. The Bertz CT molecular complexity index is 1710. The number of aromatic amines is 1. The number of hydrogen-bond donors (Lipinski definition) is 3. The van der Waals surface area contributed by atoms with Gasteiger partial charge >= 0.3 is 0 Å². The van der Waals surface area contributed by atoms with Gasteiger partial charge in [0.15, 0.2) is 0 Å². The van der Waals surface area contributed by atoms with Crippen LogP contribution in [-0.2, 0) is 9.59 Å². The van der Waals surface area contributed by atoms with Crippen molar-refractivity contribution in [3.05, 3.63) is 70.7 Å². The zero-order chi connectivity index (χ0) is 29.6. The Morgan fingerprint density at radius 2 is 1.14 bits per heavy atom. The number of H-pyrrole nitrogens is 1. The van der Waals surface area contributed by atoms with Crippen LogP contribution in [-0.4, -0.2) is 28.2 Å². The summed E-state index contributed by atoms with van der Waals surface area (Å²) in [4.78, 5) is 25.7. The zero-order valence-corrected chi connectivity index (χ0v) is 22.5. The first-order valence-electron chi connectivity index (χ1n) is 12.9. The van der Waals surface area contributed by atoms with Crippen LogP contribution in [0.3, 0.4) is 0 Å². The Hall–Kier alpha value is -6.02. The van der Waals surface area contributed by atoms with Crippen LogP contribution >= 0.6 is 0 Å². The molecule has 0 bridgehead atoms. The molecular weight excluding hydrogens is 538 g/mol. The number of benzene rings is 2. The van der Waals surface area contributed by atoms with Crippen LogP contribution in [0.5, 0.6) is 0 Å². The molecule has 1 aromatic heterocycles. The van der Waals surface area contributed by atoms with Gasteiger partial charge in [0.05, 0.1) is 22.8 Å². The molecular formula is C28H23N11O3. The van der Waals surface area contributed by atoms with E-state index in [-0.39, 0.29) is 46.1 Å². The predicted octanol–water partition coefficient (Wildman–Crippen LogP) is 3.16. The van der Waals surface area contributed by atoms with Crippen LogP contribution in [0.4, 0.5) is 11.4 Å². The highest BCUT2D eigenvalue weighted by atomic mass is 16.4. The minimum atomic E-state index is -0.128. The maximum absolute atomic E-state index is 11.5. The van der Waals surface area contributed by atoms with Gasteiger partial charge in [0.1, 0.15) is 12.1 Å². The molecule has 0 saturated carbocycles. The molecule has 3 heterocycles. The molecule has 2 atom stereocenters. The third-order valence-electron chi connectivity index (χ3n) is 6.45. The van der Waals surface area contributed by atoms with Crippen molar-refractivity contribution in [2.75, 3.05) is 0 Å². The van der Waals surface area contributed by atoms with Gasteiger partial charge in [-0.1, -0.05) is 38.1 Å². The number of nitrogens with one attached hydrogen (secondary N) is 3. The number of azo groups is 2. The second-order valence-corrected chi connectivity index (χ2v) is 9.57. The van der Waals surface area contributed by atoms with E-state index in [4.69, 9.17) is 4.42 Å². The molecule has 2 amide bonds. The van der Waals surface area contributed by atoms with E-state index in [9.17, 15) is 20.1 Å². The van der Waals surface area contributed by atoms with Crippen molar-refractivity contribution in [2.45, 2.75) is 26.7 Å². The van der Waals surface area contributed by atoms with E-state index in [1.54, 1.807) is 48.5 Å². The fraction of sp³-hybridized carbons (Fsp3) is 0.214. The number of nitrogens with zero attached hydrogens (tertiary/aromatic N) is 8. The number of hydrogen-bond acceptors (Lipinski definition) is 11. The summed E-state index contributed by atoms with van der Waals surface area (Å²) in [5.41, 5.74) is 8.98. The molecule has 2 aromatic carbocycles. The minimum Gasteiger partial charge on any atom is -0.418 e. The van der Waals surface area contributed by atoms with Crippen molar-refractivity contribution in [1.29, 1.82) is 10.5 Å². The fourth-order valence-corrected chi connectivity index (χ4v) is 4.28. The third-order valence-corrected chi connectivity index (χ3v) is 6.45. The largest absolute Gasteiger partial charge is 0.418 e. The van der Waals surface area contributed by atoms with Crippen LogP contribution in [0.2, 0.25) is 0 Å². The number of hydrazone groups is 2. The molecule has 0 spiro atoms. The zero-order valence-electron chi connectivity index (χ0n) is 22.5. The van der Waals surface area contributed by atoms with Gasteiger partial charge in [-0.15, -0.1) is 20.5 Å². The summed E-state index contributed by atoms with van der Waals surface area (Å²) in [6, 6.07) is 17.9. The van der Waals surface area contributed by atoms with Crippen LogP contribution in [0.15, 0.2) is 83.6 Å². The number of rotatable bonds is 6. The van der Waals surface area contributed by atoms with Crippen LogP contribution < -0.4 is 21.9 Å². The van der Waals surface area contributed by atoms with Gasteiger partial charge in [0, 0.05) is 24.7 Å². The molecule has 5 rings (SSSR count). The maximum atomic E-state index is 11.5. The van der Waals surface area contributed by atoms with Gasteiger partial charge in [0.25, 0.3) is 0 Å². The topological polar surface area (TPSA) is 209 Å². The lowest BCUT2D eigenvalue weighted by Gasteiger charge is -2.19. The van der Waals surface area contributed by atoms with Crippen molar-refractivity contribution >= 4 is 46.0 Å². The molecule has 0 saturated heterocycles. The first kappa shape index (κ1) is 27.5. The third kappa shape index (κ3) is 6.08. The first-order valence-corrected chi connectivity index (χ1v) is 12.9. The van der Waals surface area contributed by atoms with E-state index in [0.717, 1.165) is 22.6 Å². The molecule has 14 nitrogen and oxygen atoms in total. The smallest absolute Gasteiger partial charge is 0.241 e. The van der Waals surface area contributed by atoms with Crippen molar-refractivity contribution < 1.29 is 14.0 Å². The van der Waals surface area contributed by atoms with Gasteiger partial charge in [0.2, 0.25) is 34.3 Å². The molecule has 3 aromatic rings. The van der Waals surface area contributed by atoms with Crippen LogP contribution in [0.25, 0.3) is 11.4 Å². The highest BCUT2D eigenvalue weighted by molar-refractivity contribution is 6.06. The van der Waals surface area contributed by atoms with Gasteiger partial charge in [-0.25, -0.2) is 10.9 Å². The Morgan fingerprint density at radius 1 is 0.762 bits per heavy atom. The second kappa shape index (κ2) is 12.0. The summed E-state index contributed by atoms with van der Waals surface area (Å²) in [6.07, 6.45) is 0.729. The average Bonchev–Trinajstić information content (AvgIpc) is 2.96. The quantitative estimate of drug-likeness (QED) is 0.386. The fourth-order valence-electron chi connectivity index (χ4n) is 4.28. The molecule has 0 aliphatic carbocycles. The molecule has 0 radical (unpaired) electrons. The molecule has 0 fully saturated rings. The van der Waals surface area contributed by atoms with Gasteiger partial charge in [-0.05, 0) is 35.4 Å². The normalized spacial score (nSPS) is 20.3. The number of aromatic nitrogens is 1. The van der Waals surface area contributed by atoms with Gasteiger partial charge in [-0.2, -0.15) is 20.7 Å². The van der Waals surface area contributed by atoms with E-state index >= 15 is 0 Å². The number of carbonyl (C=O) groups excluding carboxylic acids is 2. The first-order chi connectivity index (χ1) is 20.3. The molecule has 2 unspecified atom stereocenters. The minimum absolute atomic E-state index is 0.0129. The summed E-state index contributed by atoms with van der Waals surface area (Å²) in [5.74, 6) is -0.261. The van der Waals surface area contributed by atoms with E-state index in [0.29, 0.717) is 24.2 Å². The van der Waals surface area contributed by atoms with Crippen molar-refractivity contribution in [1.82, 2.24) is 15.8 Å².